The summed E-state index contributed by atoms with van der Waals surface area (Å²) in [6.07, 6.45) is 9.75. The summed E-state index contributed by atoms with van der Waals surface area (Å²) in [5.74, 6) is 0.596. The van der Waals surface area contributed by atoms with Crippen molar-refractivity contribution in [2.75, 3.05) is 0 Å². The summed E-state index contributed by atoms with van der Waals surface area (Å²) in [5, 5.41) is 0. The monoisotopic (exact) mass is 246 g/mol. The van der Waals surface area contributed by atoms with Gasteiger partial charge in [0.2, 0.25) is 0 Å². The summed E-state index contributed by atoms with van der Waals surface area (Å²) in [7, 11) is 0. The van der Waals surface area contributed by atoms with Crippen molar-refractivity contribution in [3.8, 4) is 0 Å². The summed E-state index contributed by atoms with van der Waals surface area (Å²) in [4.78, 5) is 4.21. The van der Waals surface area contributed by atoms with Crippen LogP contribution in [0.3, 0.4) is 0 Å². The Morgan fingerprint density at radius 3 is 2.78 bits per heavy atom. The van der Waals surface area contributed by atoms with E-state index in [4.69, 9.17) is 5.73 Å². The van der Waals surface area contributed by atoms with Crippen molar-refractivity contribution in [3.63, 3.8) is 0 Å². The van der Waals surface area contributed by atoms with E-state index in [9.17, 15) is 0 Å². The molecule has 2 N–H and O–H groups in total. The van der Waals surface area contributed by atoms with Crippen LogP contribution in [0.5, 0.6) is 0 Å². The molecule has 1 aliphatic rings. The van der Waals surface area contributed by atoms with Gasteiger partial charge >= 0.3 is 0 Å². The highest BCUT2D eigenvalue weighted by atomic mass is 14.8. The lowest BCUT2D eigenvalue weighted by atomic mass is 9.61. The minimum Gasteiger partial charge on any atom is -0.325 e. The Balaban J connectivity index is 2.21. The smallest absolute Gasteiger partial charge is 0.0300 e. The number of hydrogen-bond acceptors (Lipinski definition) is 2. The molecule has 1 fully saturated rings. The van der Waals surface area contributed by atoms with Crippen LogP contribution in [0.15, 0.2) is 24.5 Å². The molecule has 0 aliphatic heterocycles. The van der Waals surface area contributed by atoms with E-state index in [0.717, 1.165) is 12.8 Å². The molecule has 0 bridgehead atoms. The lowest BCUT2D eigenvalue weighted by Gasteiger charge is -2.48. The first-order valence-corrected chi connectivity index (χ1v) is 7.10. The Kier molecular flexibility index (Phi) is 3.76. The molecule has 2 unspecified atom stereocenters. The highest BCUT2D eigenvalue weighted by Gasteiger charge is 2.43. The van der Waals surface area contributed by atoms with Gasteiger partial charge in [-0.1, -0.05) is 39.7 Å². The Morgan fingerprint density at radius 1 is 1.39 bits per heavy atom. The fourth-order valence-corrected chi connectivity index (χ4v) is 3.65. The van der Waals surface area contributed by atoms with Crippen LogP contribution in [0.2, 0.25) is 0 Å². The summed E-state index contributed by atoms with van der Waals surface area (Å²) in [5.41, 5.74) is 8.30. The Bertz CT molecular complexity index is 380. The normalized spacial score (nSPS) is 29.2. The van der Waals surface area contributed by atoms with Crippen molar-refractivity contribution in [1.29, 1.82) is 0 Å². The van der Waals surface area contributed by atoms with Crippen LogP contribution in [0.1, 0.15) is 52.0 Å². The fraction of sp³-hybridized carbons (Fsp3) is 0.688. The first-order chi connectivity index (χ1) is 8.42. The Labute approximate surface area is 111 Å². The molecule has 18 heavy (non-hydrogen) atoms. The van der Waals surface area contributed by atoms with Crippen LogP contribution >= 0.6 is 0 Å². The molecule has 1 aromatic heterocycles. The zero-order valence-corrected chi connectivity index (χ0v) is 11.9. The second kappa shape index (κ2) is 5.00. The third kappa shape index (κ3) is 2.92. The summed E-state index contributed by atoms with van der Waals surface area (Å²) in [6.45, 7) is 6.98. The van der Waals surface area contributed by atoms with Gasteiger partial charge in [0.05, 0.1) is 0 Å². The van der Waals surface area contributed by atoms with Gasteiger partial charge in [-0.25, -0.2) is 0 Å². The number of hydrogen-bond donors (Lipinski definition) is 1. The van der Waals surface area contributed by atoms with E-state index in [1.54, 1.807) is 0 Å². The molecular formula is C16H26N2. The van der Waals surface area contributed by atoms with Crippen molar-refractivity contribution in [3.05, 3.63) is 30.1 Å². The van der Waals surface area contributed by atoms with Crippen LogP contribution in [0.25, 0.3) is 0 Å². The van der Waals surface area contributed by atoms with Crippen molar-refractivity contribution >= 4 is 0 Å². The topological polar surface area (TPSA) is 38.9 Å². The molecule has 1 aliphatic carbocycles. The summed E-state index contributed by atoms with van der Waals surface area (Å²) in [6, 6.07) is 4.16. The molecule has 0 spiro atoms. The van der Waals surface area contributed by atoms with E-state index in [2.05, 4.69) is 31.8 Å². The molecule has 2 rings (SSSR count). The predicted octanol–water partition coefficient (Wildman–Crippen LogP) is 3.56. The SMILES string of the molecule is CC(C)(C)C1CCCCC1(N)Cc1cccnc1. The van der Waals surface area contributed by atoms with Gasteiger partial charge in [0.15, 0.2) is 0 Å². The van der Waals surface area contributed by atoms with Crippen LogP contribution in [-0.4, -0.2) is 10.5 Å². The van der Waals surface area contributed by atoms with E-state index in [1.807, 2.05) is 18.5 Å². The molecule has 1 saturated carbocycles. The van der Waals surface area contributed by atoms with Gasteiger partial charge in [-0.05, 0) is 42.2 Å². The van der Waals surface area contributed by atoms with Gasteiger partial charge in [-0.3, -0.25) is 4.98 Å². The van der Waals surface area contributed by atoms with Crippen molar-refractivity contribution in [2.24, 2.45) is 17.1 Å². The standard InChI is InChI=1S/C16H26N2/c1-15(2,3)14-8-4-5-9-16(14,17)11-13-7-6-10-18-12-13/h6-7,10,12,14H,4-5,8-9,11,17H2,1-3H3. The molecule has 2 nitrogen and oxygen atoms in total. The zero-order chi connectivity index (χ0) is 13.2. The maximum atomic E-state index is 6.79. The molecule has 0 amide bonds. The maximum Gasteiger partial charge on any atom is 0.0300 e. The van der Waals surface area contributed by atoms with Gasteiger partial charge in [-0.2, -0.15) is 0 Å². The lowest BCUT2D eigenvalue weighted by molar-refractivity contribution is 0.0792. The van der Waals surface area contributed by atoms with Gasteiger partial charge in [0.25, 0.3) is 0 Å². The van der Waals surface area contributed by atoms with E-state index in [-0.39, 0.29) is 11.0 Å². The van der Waals surface area contributed by atoms with Crippen LogP contribution in [0, 0.1) is 11.3 Å². The molecule has 0 aromatic carbocycles. The number of pyridine rings is 1. The van der Waals surface area contributed by atoms with E-state index >= 15 is 0 Å². The van der Waals surface area contributed by atoms with Gasteiger partial charge in [-0.15, -0.1) is 0 Å². The molecule has 100 valence electrons. The lowest BCUT2D eigenvalue weighted by Crippen LogP contribution is -2.55. The molecule has 2 heteroatoms. The number of nitrogens with two attached hydrogens (primary N) is 1. The highest BCUT2D eigenvalue weighted by Crippen LogP contribution is 2.44. The first kappa shape index (κ1) is 13.5. The zero-order valence-electron chi connectivity index (χ0n) is 11.9. The fourth-order valence-electron chi connectivity index (χ4n) is 3.65. The summed E-state index contributed by atoms with van der Waals surface area (Å²) < 4.78 is 0. The van der Waals surface area contributed by atoms with Gasteiger partial charge in [0, 0.05) is 17.9 Å². The summed E-state index contributed by atoms with van der Waals surface area (Å²) >= 11 is 0. The second-order valence-corrected chi connectivity index (χ2v) is 6.94. The van der Waals surface area contributed by atoms with Crippen molar-refractivity contribution in [1.82, 2.24) is 4.98 Å². The maximum absolute atomic E-state index is 6.79. The first-order valence-electron chi connectivity index (χ1n) is 7.10. The number of nitrogens with zero attached hydrogens (tertiary/aromatic N) is 1. The average molecular weight is 246 g/mol. The van der Waals surface area contributed by atoms with Crippen molar-refractivity contribution < 1.29 is 0 Å². The van der Waals surface area contributed by atoms with Crippen LogP contribution < -0.4 is 5.73 Å². The number of rotatable bonds is 2. The van der Waals surface area contributed by atoms with Crippen LogP contribution in [0.4, 0.5) is 0 Å². The molecule has 1 heterocycles. The minimum atomic E-state index is -0.0560. The number of aromatic nitrogens is 1. The highest BCUT2D eigenvalue weighted by molar-refractivity contribution is 5.15. The Hall–Kier alpha value is -0.890. The third-order valence-corrected chi connectivity index (χ3v) is 4.38. The van der Waals surface area contributed by atoms with E-state index in [1.165, 1.54) is 24.8 Å². The largest absolute Gasteiger partial charge is 0.325 e. The average Bonchev–Trinajstić information content (AvgIpc) is 2.28. The molecule has 1 aromatic rings. The molecule has 0 saturated heterocycles. The quantitative estimate of drug-likeness (QED) is 0.866. The van der Waals surface area contributed by atoms with Gasteiger partial charge < -0.3 is 5.73 Å². The molecular weight excluding hydrogens is 220 g/mol. The van der Waals surface area contributed by atoms with Crippen LogP contribution in [-0.2, 0) is 6.42 Å². The predicted molar refractivity (Wildman–Crippen MR) is 76.3 cm³/mol. The van der Waals surface area contributed by atoms with E-state index < -0.39 is 0 Å². The molecule has 0 radical (unpaired) electrons. The molecule has 2 atom stereocenters. The van der Waals surface area contributed by atoms with Gasteiger partial charge in [0.1, 0.15) is 0 Å². The third-order valence-electron chi connectivity index (χ3n) is 4.38. The second-order valence-electron chi connectivity index (χ2n) is 6.94. The Morgan fingerprint density at radius 2 is 2.17 bits per heavy atom. The minimum absolute atomic E-state index is 0.0560. The van der Waals surface area contributed by atoms with E-state index in [0.29, 0.717) is 5.92 Å². The van der Waals surface area contributed by atoms with Crippen molar-refractivity contribution in [2.45, 2.75) is 58.4 Å².